The van der Waals surface area contributed by atoms with Gasteiger partial charge in [-0.05, 0) is 30.7 Å². The number of ether oxygens (including phenoxy) is 1. The van der Waals surface area contributed by atoms with E-state index in [4.69, 9.17) is 27.9 Å². The average Bonchev–Trinajstić information content (AvgIpc) is 2.40. The van der Waals surface area contributed by atoms with Gasteiger partial charge in [0.15, 0.2) is 0 Å². The molecule has 0 aliphatic heterocycles. The molecule has 0 saturated heterocycles. The second-order valence-corrected chi connectivity index (χ2v) is 5.12. The molecule has 0 N–H and O–H groups in total. The molecule has 0 aromatic heterocycles. The van der Waals surface area contributed by atoms with Gasteiger partial charge in [0.25, 0.3) is 0 Å². The van der Waals surface area contributed by atoms with Gasteiger partial charge in [0.2, 0.25) is 0 Å². The lowest BCUT2D eigenvalue weighted by atomic mass is 10.0. The molecule has 0 aliphatic carbocycles. The number of aryl methyl sites for hydroxylation is 1. The summed E-state index contributed by atoms with van der Waals surface area (Å²) in [5, 5.41) is -0.168. The Labute approximate surface area is 121 Å². The summed E-state index contributed by atoms with van der Waals surface area (Å²) in [6, 6.07) is 10.0. The molecule has 4 heteroatoms. The van der Waals surface area contributed by atoms with E-state index in [2.05, 4.69) is 0 Å². The zero-order valence-electron chi connectivity index (χ0n) is 10.6. The minimum Gasteiger partial charge on any atom is -0.497 e. The maximum absolute atomic E-state index is 13.8. The van der Waals surface area contributed by atoms with E-state index in [-0.39, 0.29) is 5.82 Å². The molecule has 100 valence electrons. The first-order valence-electron chi connectivity index (χ1n) is 5.76. The van der Waals surface area contributed by atoms with E-state index in [1.165, 1.54) is 6.07 Å². The van der Waals surface area contributed by atoms with Gasteiger partial charge in [-0.3, -0.25) is 0 Å². The maximum Gasteiger partial charge on any atom is 0.128 e. The number of benzene rings is 2. The van der Waals surface area contributed by atoms with Crippen LogP contribution in [-0.2, 0) is 0 Å². The Morgan fingerprint density at radius 2 is 1.84 bits per heavy atom. The average molecular weight is 299 g/mol. The van der Waals surface area contributed by atoms with Crippen molar-refractivity contribution in [3.05, 3.63) is 63.9 Å². The van der Waals surface area contributed by atoms with Crippen LogP contribution in [0.5, 0.6) is 5.75 Å². The van der Waals surface area contributed by atoms with Crippen molar-refractivity contribution in [2.24, 2.45) is 0 Å². The summed E-state index contributed by atoms with van der Waals surface area (Å²) < 4.78 is 18.9. The number of halogens is 3. The van der Waals surface area contributed by atoms with Gasteiger partial charge in [-0.1, -0.05) is 35.4 Å². The monoisotopic (exact) mass is 298 g/mol. The molecular weight excluding hydrogens is 286 g/mol. The predicted molar refractivity (Wildman–Crippen MR) is 76.8 cm³/mol. The molecule has 1 unspecified atom stereocenters. The number of hydrogen-bond acceptors (Lipinski definition) is 1. The van der Waals surface area contributed by atoms with E-state index in [0.29, 0.717) is 21.9 Å². The second-order valence-electron chi connectivity index (χ2n) is 4.27. The van der Waals surface area contributed by atoms with Crippen LogP contribution in [0.2, 0.25) is 5.02 Å². The SMILES string of the molecule is COc1ccc(C(Cl)c2cc(C)ccc2F)c(Cl)c1. The molecule has 0 heterocycles. The van der Waals surface area contributed by atoms with E-state index in [1.807, 2.05) is 6.92 Å². The van der Waals surface area contributed by atoms with E-state index >= 15 is 0 Å². The fraction of sp³-hybridized carbons (Fsp3) is 0.200. The topological polar surface area (TPSA) is 9.23 Å². The molecule has 19 heavy (non-hydrogen) atoms. The molecule has 0 spiro atoms. The summed E-state index contributed by atoms with van der Waals surface area (Å²) in [7, 11) is 1.56. The second kappa shape index (κ2) is 5.81. The van der Waals surface area contributed by atoms with Crippen molar-refractivity contribution in [3.8, 4) is 5.75 Å². The number of hydrogen-bond donors (Lipinski definition) is 0. The first-order valence-corrected chi connectivity index (χ1v) is 6.58. The largest absolute Gasteiger partial charge is 0.497 e. The smallest absolute Gasteiger partial charge is 0.128 e. The highest BCUT2D eigenvalue weighted by Crippen LogP contribution is 2.36. The Bertz CT molecular complexity index is 599. The molecule has 2 rings (SSSR count). The standard InChI is InChI=1S/C15H13Cl2FO/c1-9-3-6-14(18)12(7-9)15(17)11-5-4-10(19-2)8-13(11)16/h3-8,15H,1-2H3. The van der Waals surface area contributed by atoms with Crippen molar-refractivity contribution >= 4 is 23.2 Å². The van der Waals surface area contributed by atoms with E-state index in [9.17, 15) is 4.39 Å². The van der Waals surface area contributed by atoms with E-state index in [0.717, 1.165) is 5.56 Å². The van der Waals surface area contributed by atoms with Gasteiger partial charge >= 0.3 is 0 Å². The zero-order chi connectivity index (χ0) is 14.0. The fourth-order valence-electron chi connectivity index (χ4n) is 1.87. The van der Waals surface area contributed by atoms with Crippen molar-refractivity contribution in [1.29, 1.82) is 0 Å². The predicted octanol–water partition coefficient (Wildman–Crippen LogP) is 5.12. The van der Waals surface area contributed by atoms with Gasteiger partial charge in [-0.2, -0.15) is 0 Å². The summed E-state index contributed by atoms with van der Waals surface area (Å²) in [6.45, 7) is 1.89. The van der Waals surface area contributed by atoms with Gasteiger partial charge in [-0.25, -0.2) is 4.39 Å². The highest BCUT2D eigenvalue weighted by molar-refractivity contribution is 6.33. The Morgan fingerprint density at radius 1 is 1.11 bits per heavy atom. The van der Waals surface area contributed by atoms with Crippen LogP contribution < -0.4 is 4.74 Å². The molecule has 0 amide bonds. The Kier molecular flexibility index (Phi) is 4.33. The lowest BCUT2D eigenvalue weighted by Gasteiger charge is -2.14. The molecule has 2 aromatic rings. The molecule has 0 bridgehead atoms. The molecule has 2 aromatic carbocycles. The molecule has 0 aliphatic rings. The Hall–Kier alpha value is -1.25. The highest BCUT2D eigenvalue weighted by Gasteiger charge is 2.18. The third-order valence-electron chi connectivity index (χ3n) is 2.91. The summed E-state index contributed by atoms with van der Waals surface area (Å²) in [6.07, 6.45) is 0. The summed E-state index contributed by atoms with van der Waals surface area (Å²) in [4.78, 5) is 0. The number of rotatable bonds is 3. The Morgan fingerprint density at radius 3 is 2.47 bits per heavy atom. The number of alkyl halides is 1. The molecule has 1 atom stereocenters. The van der Waals surface area contributed by atoms with Crippen LogP contribution in [0.3, 0.4) is 0 Å². The van der Waals surface area contributed by atoms with Crippen molar-refractivity contribution in [2.45, 2.75) is 12.3 Å². The van der Waals surface area contributed by atoms with Crippen LogP contribution in [-0.4, -0.2) is 7.11 Å². The van der Waals surface area contributed by atoms with Crippen LogP contribution in [0, 0.1) is 12.7 Å². The normalized spacial score (nSPS) is 12.3. The quantitative estimate of drug-likeness (QED) is 0.714. The molecular formula is C15H13Cl2FO. The van der Waals surface area contributed by atoms with Gasteiger partial charge in [0.1, 0.15) is 11.6 Å². The van der Waals surface area contributed by atoms with Crippen LogP contribution in [0.1, 0.15) is 22.1 Å². The summed E-state index contributed by atoms with van der Waals surface area (Å²) >= 11 is 12.5. The van der Waals surface area contributed by atoms with Crippen LogP contribution in [0.4, 0.5) is 4.39 Å². The first kappa shape index (κ1) is 14.2. The van der Waals surface area contributed by atoms with Gasteiger partial charge < -0.3 is 4.74 Å². The lowest BCUT2D eigenvalue weighted by molar-refractivity contribution is 0.414. The fourth-order valence-corrected chi connectivity index (χ4v) is 2.56. The molecule has 0 radical (unpaired) electrons. The third-order valence-corrected chi connectivity index (χ3v) is 3.70. The molecule has 1 nitrogen and oxygen atoms in total. The highest BCUT2D eigenvalue weighted by atomic mass is 35.5. The van der Waals surface area contributed by atoms with Crippen LogP contribution in [0.15, 0.2) is 36.4 Å². The van der Waals surface area contributed by atoms with Gasteiger partial charge in [0, 0.05) is 10.6 Å². The number of methoxy groups -OCH3 is 1. The van der Waals surface area contributed by atoms with Crippen molar-refractivity contribution in [1.82, 2.24) is 0 Å². The minimum atomic E-state index is -0.627. The van der Waals surface area contributed by atoms with E-state index < -0.39 is 5.38 Å². The van der Waals surface area contributed by atoms with Crippen molar-refractivity contribution in [2.75, 3.05) is 7.11 Å². The van der Waals surface area contributed by atoms with Crippen molar-refractivity contribution < 1.29 is 9.13 Å². The summed E-state index contributed by atoms with van der Waals surface area (Å²) in [5.74, 6) is 0.305. The van der Waals surface area contributed by atoms with Crippen molar-refractivity contribution in [3.63, 3.8) is 0 Å². The maximum atomic E-state index is 13.8. The molecule has 0 fully saturated rings. The summed E-state index contributed by atoms with van der Waals surface area (Å²) in [5.41, 5.74) is 2.04. The van der Waals surface area contributed by atoms with Gasteiger partial charge in [-0.15, -0.1) is 11.6 Å². The van der Waals surface area contributed by atoms with Crippen LogP contribution in [0.25, 0.3) is 0 Å². The van der Waals surface area contributed by atoms with E-state index in [1.54, 1.807) is 37.4 Å². The first-order chi connectivity index (χ1) is 9.02. The third kappa shape index (κ3) is 3.02. The molecule has 0 saturated carbocycles. The zero-order valence-corrected chi connectivity index (χ0v) is 12.1. The lowest BCUT2D eigenvalue weighted by Crippen LogP contribution is -1.99. The minimum absolute atomic E-state index is 0.336. The van der Waals surface area contributed by atoms with Gasteiger partial charge in [0.05, 0.1) is 12.5 Å². The van der Waals surface area contributed by atoms with Crippen LogP contribution >= 0.6 is 23.2 Å². The Balaban J connectivity index is 2.43.